The van der Waals surface area contributed by atoms with E-state index in [0.29, 0.717) is 0 Å². The van der Waals surface area contributed by atoms with Crippen LogP contribution in [0.5, 0.6) is 0 Å². The molecule has 0 unspecified atom stereocenters. The smallest absolute Gasteiger partial charge is 0.195 e. The van der Waals surface area contributed by atoms with E-state index in [4.69, 9.17) is 0 Å². The predicted octanol–water partition coefficient (Wildman–Crippen LogP) is 1.58. The first-order valence-electron chi connectivity index (χ1n) is 2.24. The number of H-pyrrole nitrogens is 1. The van der Waals surface area contributed by atoms with E-state index in [0.717, 1.165) is 7.27 Å². The van der Waals surface area contributed by atoms with Gasteiger partial charge < -0.3 is 4.98 Å². The first-order valence-corrected chi connectivity index (χ1v) is 4.40. The van der Waals surface area contributed by atoms with Gasteiger partial charge in [0.05, 0.1) is 7.27 Å². The van der Waals surface area contributed by atoms with E-state index in [1.807, 2.05) is 22.6 Å². The Labute approximate surface area is 79.3 Å². The molecule has 1 N–H and O–H groups in total. The van der Waals surface area contributed by atoms with Crippen LogP contribution in [0.3, 0.4) is 0 Å². The molecule has 0 aromatic carbocycles. The molecule has 1 heterocycles. The van der Waals surface area contributed by atoms with E-state index in [-0.39, 0.29) is 5.43 Å². The highest BCUT2D eigenvalue weighted by atomic mass is 127. The van der Waals surface area contributed by atoms with Crippen LogP contribution in [0.15, 0.2) is 17.1 Å². The van der Waals surface area contributed by atoms with Crippen molar-refractivity contribution in [3.63, 3.8) is 0 Å². The molecular formula is C5H3I2NO. The Bertz CT molecular complexity index is 268. The molecule has 0 radical (unpaired) electrons. The van der Waals surface area contributed by atoms with Crippen molar-refractivity contribution >= 4 is 45.2 Å². The highest BCUT2D eigenvalue weighted by molar-refractivity contribution is 14.1. The monoisotopic (exact) mass is 347 g/mol. The minimum Gasteiger partial charge on any atom is -0.356 e. The molecule has 0 saturated heterocycles. The van der Waals surface area contributed by atoms with Gasteiger partial charge in [-0.3, -0.25) is 4.79 Å². The lowest BCUT2D eigenvalue weighted by Gasteiger charge is -1.90. The van der Waals surface area contributed by atoms with Gasteiger partial charge in [-0.1, -0.05) is 0 Å². The zero-order valence-corrected chi connectivity index (χ0v) is 8.63. The summed E-state index contributed by atoms with van der Waals surface area (Å²) >= 11 is 4.10. The lowest BCUT2D eigenvalue weighted by molar-refractivity contribution is 1.22. The van der Waals surface area contributed by atoms with E-state index in [1.165, 1.54) is 6.07 Å². The number of aromatic nitrogens is 1. The molecule has 0 fully saturated rings. The van der Waals surface area contributed by atoms with Gasteiger partial charge in [0.1, 0.15) is 0 Å². The number of halogens is 2. The summed E-state index contributed by atoms with van der Waals surface area (Å²) < 4.78 is 1.66. The van der Waals surface area contributed by atoms with Gasteiger partial charge in [0.25, 0.3) is 0 Å². The molecule has 9 heavy (non-hydrogen) atoms. The SMILES string of the molecule is O=c1cc[nH]c(I)c1I. The third-order valence-electron chi connectivity index (χ3n) is 0.854. The zero-order chi connectivity index (χ0) is 6.85. The molecule has 0 aliphatic carbocycles. The van der Waals surface area contributed by atoms with Crippen molar-refractivity contribution in [1.82, 2.24) is 4.98 Å². The van der Waals surface area contributed by atoms with Gasteiger partial charge in [-0.15, -0.1) is 0 Å². The lowest BCUT2D eigenvalue weighted by Crippen LogP contribution is -2.05. The Morgan fingerprint density at radius 2 is 2.11 bits per heavy atom. The topological polar surface area (TPSA) is 32.9 Å². The summed E-state index contributed by atoms with van der Waals surface area (Å²) in [5, 5.41) is 0. The summed E-state index contributed by atoms with van der Waals surface area (Å²) in [6.07, 6.45) is 1.65. The molecule has 0 saturated carbocycles. The standard InChI is InChI=1S/C5H3I2NO/c6-4-3(9)1-2-8-5(4)7/h1-2H,(H,8,9). The van der Waals surface area contributed by atoms with Gasteiger partial charge in [-0.25, -0.2) is 0 Å². The van der Waals surface area contributed by atoms with Crippen LogP contribution in [0, 0.1) is 7.27 Å². The van der Waals surface area contributed by atoms with Gasteiger partial charge >= 0.3 is 0 Å². The van der Waals surface area contributed by atoms with Gasteiger partial charge in [-0.05, 0) is 45.2 Å². The first kappa shape index (κ1) is 7.52. The average molecular weight is 347 g/mol. The summed E-state index contributed by atoms with van der Waals surface area (Å²) in [4.78, 5) is 13.7. The summed E-state index contributed by atoms with van der Waals surface area (Å²) in [5.41, 5.74) is 0.0822. The van der Waals surface area contributed by atoms with Gasteiger partial charge in [0.15, 0.2) is 5.43 Å². The van der Waals surface area contributed by atoms with Crippen LogP contribution in [-0.2, 0) is 0 Å². The van der Waals surface area contributed by atoms with Crippen LogP contribution in [0.1, 0.15) is 0 Å². The maximum atomic E-state index is 10.8. The Hall–Kier alpha value is 0.410. The van der Waals surface area contributed by atoms with Crippen LogP contribution in [-0.4, -0.2) is 4.98 Å². The molecular weight excluding hydrogens is 344 g/mol. The Balaban J connectivity index is 3.43. The van der Waals surface area contributed by atoms with E-state index < -0.39 is 0 Å². The van der Waals surface area contributed by atoms with Crippen molar-refractivity contribution in [1.29, 1.82) is 0 Å². The van der Waals surface area contributed by atoms with Crippen molar-refractivity contribution in [2.45, 2.75) is 0 Å². The molecule has 2 nitrogen and oxygen atoms in total. The first-order chi connectivity index (χ1) is 4.22. The molecule has 0 bridgehead atoms. The highest BCUT2D eigenvalue weighted by Gasteiger charge is 1.96. The summed E-state index contributed by atoms with van der Waals surface area (Å²) in [5.74, 6) is 0. The van der Waals surface area contributed by atoms with Crippen molar-refractivity contribution < 1.29 is 0 Å². The molecule has 0 spiro atoms. The fourth-order valence-corrected chi connectivity index (χ4v) is 1.22. The van der Waals surface area contributed by atoms with E-state index in [1.54, 1.807) is 6.20 Å². The molecule has 0 amide bonds. The Kier molecular flexibility index (Phi) is 2.50. The van der Waals surface area contributed by atoms with Crippen LogP contribution in [0.2, 0.25) is 0 Å². The largest absolute Gasteiger partial charge is 0.356 e. The molecule has 0 atom stereocenters. The number of hydrogen-bond acceptors (Lipinski definition) is 1. The highest BCUT2D eigenvalue weighted by Crippen LogP contribution is 2.05. The fraction of sp³-hybridized carbons (Fsp3) is 0. The second-order valence-electron chi connectivity index (χ2n) is 1.47. The summed E-state index contributed by atoms with van der Waals surface area (Å²) in [7, 11) is 0. The van der Waals surface area contributed by atoms with Crippen LogP contribution in [0.25, 0.3) is 0 Å². The number of hydrogen-bond donors (Lipinski definition) is 1. The number of pyridine rings is 1. The number of rotatable bonds is 0. The molecule has 0 aliphatic heterocycles. The van der Waals surface area contributed by atoms with Gasteiger partial charge in [0.2, 0.25) is 0 Å². The van der Waals surface area contributed by atoms with Crippen LogP contribution in [0.4, 0.5) is 0 Å². The third kappa shape index (κ3) is 1.66. The zero-order valence-electron chi connectivity index (χ0n) is 4.32. The minimum atomic E-state index is 0.0822. The summed E-state index contributed by atoms with van der Waals surface area (Å²) in [6.45, 7) is 0. The lowest BCUT2D eigenvalue weighted by atomic mass is 10.5. The molecule has 1 aromatic heterocycles. The van der Waals surface area contributed by atoms with Crippen LogP contribution < -0.4 is 5.43 Å². The molecule has 48 valence electrons. The van der Waals surface area contributed by atoms with Crippen molar-refractivity contribution in [2.75, 3.05) is 0 Å². The predicted molar refractivity (Wildman–Crippen MR) is 52.5 cm³/mol. The quantitative estimate of drug-likeness (QED) is 0.561. The molecule has 1 rings (SSSR count). The van der Waals surface area contributed by atoms with E-state index >= 15 is 0 Å². The van der Waals surface area contributed by atoms with Crippen molar-refractivity contribution in [3.8, 4) is 0 Å². The molecule has 1 aromatic rings. The van der Waals surface area contributed by atoms with E-state index in [9.17, 15) is 4.79 Å². The normalized spacial score (nSPS) is 9.56. The van der Waals surface area contributed by atoms with Gasteiger partial charge in [-0.2, -0.15) is 0 Å². The Morgan fingerprint density at radius 3 is 2.56 bits per heavy atom. The van der Waals surface area contributed by atoms with Crippen molar-refractivity contribution in [2.24, 2.45) is 0 Å². The van der Waals surface area contributed by atoms with Crippen molar-refractivity contribution in [3.05, 3.63) is 29.8 Å². The third-order valence-corrected chi connectivity index (χ3v) is 3.81. The van der Waals surface area contributed by atoms with Crippen LogP contribution >= 0.6 is 45.2 Å². The second-order valence-corrected chi connectivity index (χ2v) is 3.63. The molecule has 4 heteroatoms. The van der Waals surface area contributed by atoms with Gasteiger partial charge in [0, 0.05) is 12.3 Å². The Morgan fingerprint density at radius 1 is 1.44 bits per heavy atom. The number of aromatic amines is 1. The maximum absolute atomic E-state index is 10.8. The maximum Gasteiger partial charge on any atom is 0.195 e. The second kappa shape index (κ2) is 3.00. The summed E-state index contributed by atoms with van der Waals surface area (Å²) in [6, 6.07) is 1.52. The fourth-order valence-electron chi connectivity index (χ4n) is 0.435. The average Bonchev–Trinajstić information content (AvgIpc) is 1.83. The molecule has 0 aliphatic rings. The minimum absolute atomic E-state index is 0.0822. The number of nitrogens with one attached hydrogen (secondary N) is 1. The van der Waals surface area contributed by atoms with E-state index in [2.05, 4.69) is 27.6 Å².